The number of aromatic hydroxyl groups is 2. The van der Waals surface area contributed by atoms with Crippen LogP contribution in [-0.4, -0.2) is 10.2 Å². The molecule has 0 atom stereocenters. The first-order chi connectivity index (χ1) is 7.58. The van der Waals surface area contributed by atoms with Crippen molar-refractivity contribution >= 4 is 0 Å². The van der Waals surface area contributed by atoms with Gasteiger partial charge in [-0.3, -0.25) is 0 Å². The summed E-state index contributed by atoms with van der Waals surface area (Å²) in [6.07, 6.45) is 0. The summed E-state index contributed by atoms with van der Waals surface area (Å²) in [5.74, 6) is 0.659. The number of phenols is 2. The van der Waals surface area contributed by atoms with Crippen LogP contribution in [0.25, 0.3) is 0 Å². The van der Waals surface area contributed by atoms with E-state index >= 15 is 0 Å². The maximum atomic E-state index is 8.76. The van der Waals surface area contributed by atoms with Gasteiger partial charge in [0.25, 0.3) is 0 Å². The van der Waals surface area contributed by atoms with E-state index in [1.165, 1.54) is 11.1 Å². The first-order valence-electron chi connectivity index (χ1n) is 5.09. The van der Waals surface area contributed by atoms with Crippen LogP contribution in [0.4, 0.5) is 0 Å². The monoisotopic (exact) mass is 306 g/mol. The summed E-state index contributed by atoms with van der Waals surface area (Å²) in [4.78, 5) is 0. The summed E-state index contributed by atoms with van der Waals surface area (Å²) in [5.41, 5.74) is 2.34. The zero-order valence-corrected chi connectivity index (χ0v) is 12.5. The van der Waals surface area contributed by atoms with E-state index in [1.807, 2.05) is 38.1 Å². The van der Waals surface area contributed by atoms with Gasteiger partial charge >= 0.3 is 0 Å². The van der Waals surface area contributed by atoms with Gasteiger partial charge in [-0.05, 0) is 38.1 Å². The molecular formula is C14H16O2Zr. The van der Waals surface area contributed by atoms with E-state index in [1.54, 1.807) is 24.3 Å². The second-order valence-corrected chi connectivity index (χ2v) is 3.67. The molecule has 2 N–H and O–H groups in total. The molecule has 0 heterocycles. The number of phenolic OH excluding ortho intramolecular Hbond substituents is 2. The Morgan fingerprint density at radius 1 is 0.588 bits per heavy atom. The van der Waals surface area contributed by atoms with Gasteiger partial charge in [0.15, 0.2) is 0 Å². The summed E-state index contributed by atoms with van der Waals surface area (Å²) in [7, 11) is 0. The topological polar surface area (TPSA) is 40.5 Å². The van der Waals surface area contributed by atoms with Crippen LogP contribution in [0.2, 0.25) is 0 Å². The normalized spacial score (nSPS) is 8.59. The smallest absolute Gasteiger partial charge is 0.115 e. The molecule has 0 saturated carbocycles. The molecule has 2 aromatic rings. The number of hydrogen-bond donors (Lipinski definition) is 2. The third-order valence-electron chi connectivity index (χ3n) is 2.07. The molecule has 3 heteroatoms. The summed E-state index contributed by atoms with van der Waals surface area (Å²) in [6.45, 7) is 3.97. The molecule has 2 rings (SSSR count). The molecule has 0 spiro atoms. The Balaban J connectivity index is 0.000000284. The fraction of sp³-hybridized carbons (Fsp3) is 0.143. The Labute approximate surface area is 121 Å². The van der Waals surface area contributed by atoms with E-state index in [2.05, 4.69) is 0 Å². The average Bonchev–Trinajstić information content (AvgIpc) is 2.28. The zero-order valence-electron chi connectivity index (χ0n) is 10.0. The largest absolute Gasteiger partial charge is 0.508 e. The molecule has 0 aromatic heterocycles. The van der Waals surface area contributed by atoms with E-state index in [4.69, 9.17) is 10.2 Å². The molecule has 0 amide bonds. The molecule has 0 aliphatic carbocycles. The summed E-state index contributed by atoms with van der Waals surface area (Å²) in [5, 5.41) is 17.5. The Kier molecular flexibility index (Phi) is 7.57. The third-order valence-corrected chi connectivity index (χ3v) is 2.07. The van der Waals surface area contributed by atoms with Crippen molar-refractivity contribution in [3.05, 3.63) is 59.7 Å². The van der Waals surface area contributed by atoms with Crippen LogP contribution in [0.5, 0.6) is 11.5 Å². The van der Waals surface area contributed by atoms with E-state index in [0.717, 1.165) is 0 Å². The van der Waals surface area contributed by atoms with Gasteiger partial charge in [-0.25, -0.2) is 0 Å². The van der Waals surface area contributed by atoms with Gasteiger partial charge in [0.05, 0.1) is 0 Å². The second kappa shape index (κ2) is 8.08. The summed E-state index contributed by atoms with van der Waals surface area (Å²) < 4.78 is 0. The van der Waals surface area contributed by atoms with Crippen molar-refractivity contribution in [2.75, 3.05) is 0 Å². The van der Waals surface area contributed by atoms with E-state index in [0.29, 0.717) is 11.5 Å². The van der Waals surface area contributed by atoms with Crippen LogP contribution in [0.1, 0.15) is 11.1 Å². The molecule has 17 heavy (non-hydrogen) atoms. The van der Waals surface area contributed by atoms with Crippen molar-refractivity contribution in [2.45, 2.75) is 13.8 Å². The Hall–Kier alpha value is -1.08. The van der Waals surface area contributed by atoms with Gasteiger partial charge in [-0.1, -0.05) is 35.4 Å². The molecule has 0 bridgehead atoms. The summed E-state index contributed by atoms with van der Waals surface area (Å²) >= 11 is 0. The Bertz CT molecular complexity index is 335. The average molecular weight is 308 g/mol. The minimum Gasteiger partial charge on any atom is -0.508 e. The van der Waals surface area contributed by atoms with E-state index in [-0.39, 0.29) is 26.2 Å². The first kappa shape index (κ1) is 15.9. The van der Waals surface area contributed by atoms with Crippen molar-refractivity contribution in [1.29, 1.82) is 0 Å². The number of aryl methyl sites for hydroxylation is 2. The molecule has 0 aliphatic rings. The number of benzene rings is 2. The Morgan fingerprint density at radius 2 is 0.824 bits per heavy atom. The predicted octanol–water partition coefficient (Wildman–Crippen LogP) is 3.40. The third kappa shape index (κ3) is 6.96. The SMILES string of the molecule is Cc1ccc(O)cc1.Cc1ccc(O)cc1.[Zr]. The fourth-order valence-corrected chi connectivity index (χ4v) is 1.09. The van der Waals surface area contributed by atoms with Gasteiger partial charge in [0.2, 0.25) is 0 Å². The molecule has 0 unspecified atom stereocenters. The molecule has 2 aromatic carbocycles. The zero-order chi connectivity index (χ0) is 12.0. The maximum Gasteiger partial charge on any atom is 0.115 e. The van der Waals surface area contributed by atoms with Gasteiger partial charge < -0.3 is 10.2 Å². The van der Waals surface area contributed by atoms with Crippen molar-refractivity contribution in [2.24, 2.45) is 0 Å². The quantitative estimate of drug-likeness (QED) is 0.783. The van der Waals surface area contributed by atoms with E-state index < -0.39 is 0 Å². The molecule has 0 fully saturated rings. The molecular weight excluding hydrogens is 291 g/mol. The van der Waals surface area contributed by atoms with Gasteiger partial charge in [-0.2, -0.15) is 0 Å². The minimum atomic E-state index is 0. The maximum absolute atomic E-state index is 8.76. The number of rotatable bonds is 0. The van der Waals surface area contributed by atoms with Crippen LogP contribution in [0, 0.1) is 13.8 Å². The fourth-order valence-electron chi connectivity index (χ4n) is 1.09. The van der Waals surface area contributed by atoms with Crippen molar-refractivity contribution in [3.63, 3.8) is 0 Å². The molecule has 2 nitrogen and oxygen atoms in total. The van der Waals surface area contributed by atoms with Gasteiger partial charge in [-0.15, -0.1) is 0 Å². The van der Waals surface area contributed by atoms with Crippen molar-refractivity contribution < 1.29 is 36.4 Å². The standard InChI is InChI=1S/2C7H8O.Zr/c2*1-6-2-4-7(8)5-3-6;/h2*2-5,8H,1H3;. The first-order valence-corrected chi connectivity index (χ1v) is 5.09. The van der Waals surface area contributed by atoms with Crippen LogP contribution >= 0.6 is 0 Å². The Morgan fingerprint density at radius 3 is 1.00 bits per heavy atom. The van der Waals surface area contributed by atoms with Crippen LogP contribution in [0.3, 0.4) is 0 Å². The van der Waals surface area contributed by atoms with Gasteiger partial charge in [0.1, 0.15) is 11.5 Å². The molecule has 0 aliphatic heterocycles. The van der Waals surface area contributed by atoms with Crippen molar-refractivity contribution in [1.82, 2.24) is 0 Å². The second-order valence-electron chi connectivity index (χ2n) is 3.67. The van der Waals surface area contributed by atoms with Gasteiger partial charge in [0, 0.05) is 26.2 Å². The van der Waals surface area contributed by atoms with Crippen LogP contribution < -0.4 is 0 Å². The van der Waals surface area contributed by atoms with E-state index in [9.17, 15) is 0 Å². The molecule has 88 valence electrons. The van der Waals surface area contributed by atoms with Crippen LogP contribution in [0.15, 0.2) is 48.5 Å². The minimum absolute atomic E-state index is 0. The van der Waals surface area contributed by atoms with Crippen LogP contribution in [-0.2, 0) is 26.2 Å². The summed E-state index contributed by atoms with van der Waals surface area (Å²) in [6, 6.07) is 14.2. The number of hydrogen-bond acceptors (Lipinski definition) is 2. The molecule has 0 radical (unpaired) electrons. The predicted molar refractivity (Wildman–Crippen MR) is 65.7 cm³/mol. The van der Waals surface area contributed by atoms with Crippen molar-refractivity contribution in [3.8, 4) is 11.5 Å². The molecule has 0 saturated heterocycles.